The van der Waals surface area contributed by atoms with Crippen molar-refractivity contribution in [3.05, 3.63) is 53.6 Å². The molecule has 1 aliphatic rings. The summed E-state index contributed by atoms with van der Waals surface area (Å²) in [6.07, 6.45) is -1.10. The van der Waals surface area contributed by atoms with Gasteiger partial charge in [-0.1, -0.05) is 32.0 Å². The number of rotatable bonds is 7. The van der Waals surface area contributed by atoms with Crippen LogP contribution in [0.3, 0.4) is 0 Å². The van der Waals surface area contributed by atoms with Gasteiger partial charge in [0.2, 0.25) is 6.29 Å². The van der Waals surface area contributed by atoms with E-state index in [2.05, 4.69) is 38.8 Å². The van der Waals surface area contributed by atoms with Gasteiger partial charge in [0.15, 0.2) is 8.32 Å². The van der Waals surface area contributed by atoms with E-state index < -0.39 is 14.6 Å². The molecule has 2 aromatic carbocycles. The van der Waals surface area contributed by atoms with Gasteiger partial charge in [-0.25, -0.2) is 0 Å². The Labute approximate surface area is 198 Å². The van der Waals surface area contributed by atoms with Crippen molar-refractivity contribution in [2.75, 3.05) is 13.7 Å². The zero-order valence-electron chi connectivity index (χ0n) is 20.7. The number of nitrogens with one attached hydrogen (secondary N) is 1. The molecule has 2 N–H and O–H groups in total. The first-order valence-corrected chi connectivity index (χ1v) is 15.0. The maximum Gasteiger partial charge on any atom is 0.251 e. The normalized spacial score (nSPS) is 25.5. The van der Waals surface area contributed by atoms with Gasteiger partial charge >= 0.3 is 0 Å². The van der Waals surface area contributed by atoms with E-state index in [1.54, 1.807) is 13.1 Å². The van der Waals surface area contributed by atoms with E-state index in [-0.39, 0.29) is 36.6 Å². The van der Waals surface area contributed by atoms with Gasteiger partial charge in [-0.3, -0.25) is 4.79 Å². The lowest BCUT2D eigenvalue weighted by Gasteiger charge is -2.45. The van der Waals surface area contributed by atoms with Gasteiger partial charge in [0.1, 0.15) is 11.9 Å². The molecule has 1 fully saturated rings. The third-order valence-electron chi connectivity index (χ3n) is 6.28. The second-order valence-electron chi connectivity index (χ2n) is 9.90. The third-order valence-corrected chi connectivity index (χ3v) is 7.26. The van der Waals surface area contributed by atoms with Crippen LogP contribution < -0.4 is 10.1 Å². The minimum absolute atomic E-state index is 0.0510. The highest BCUT2D eigenvalue weighted by atomic mass is 28.4. The summed E-state index contributed by atoms with van der Waals surface area (Å²) in [7, 11) is -0.221. The van der Waals surface area contributed by atoms with Gasteiger partial charge < -0.3 is 24.3 Å². The summed E-state index contributed by atoms with van der Waals surface area (Å²) in [5, 5.41) is 12.5. The molecular weight excluding hydrogens is 434 g/mol. The Morgan fingerprint density at radius 3 is 2.39 bits per heavy atom. The van der Waals surface area contributed by atoms with Crippen molar-refractivity contribution in [1.29, 1.82) is 0 Å². The molecule has 1 saturated heterocycles. The van der Waals surface area contributed by atoms with E-state index in [9.17, 15) is 9.90 Å². The Kier molecular flexibility index (Phi) is 8.00. The number of aliphatic hydroxyl groups is 1. The number of hydrogen-bond acceptors (Lipinski definition) is 5. The van der Waals surface area contributed by atoms with Gasteiger partial charge in [-0.05, 0) is 79.4 Å². The van der Waals surface area contributed by atoms with E-state index in [0.29, 0.717) is 11.3 Å². The van der Waals surface area contributed by atoms with Crippen LogP contribution in [0.25, 0.3) is 11.1 Å². The smallest absolute Gasteiger partial charge is 0.251 e. The molecule has 1 amide bonds. The van der Waals surface area contributed by atoms with Crippen molar-refractivity contribution >= 4 is 14.2 Å². The highest BCUT2D eigenvalue weighted by molar-refractivity contribution is 6.69. The Hall–Kier alpha value is -2.19. The highest BCUT2D eigenvalue weighted by Crippen LogP contribution is 2.36. The molecule has 5 atom stereocenters. The summed E-state index contributed by atoms with van der Waals surface area (Å²) in [4.78, 5) is 12.0. The minimum atomic E-state index is -1.85. The second-order valence-corrected chi connectivity index (χ2v) is 14.4. The molecule has 0 spiro atoms. The van der Waals surface area contributed by atoms with Crippen LogP contribution in [0.15, 0.2) is 42.5 Å². The third kappa shape index (κ3) is 6.03. The number of aliphatic hydroxyl groups excluding tert-OH is 1. The summed E-state index contributed by atoms with van der Waals surface area (Å²) in [5.41, 5.74) is 3.54. The first kappa shape index (κ1) is 25.4. The van der Waals surface area contributed by atoms with Crippen molar-refractivity contribution < 1.29 is 23.8 Å². The quantitative estimate of drug-likeness (QED) is 0.577. The van der Waals surface area contributed by atoms with Crippen LogP contribution in [-0.2, 0) is 9.16 Å². The zero-order chi connectivity index (χ0) is 24.3. The summed E-state index contributed by atoms with van der Waals surface area (Å²) in [6, 6.07) is 13.5. The maximum atomic E-state index is 12.0. The van der Waals surface area contributed by atoms with Crippen LogP contribution in [-0.4, -0.2) is 51.5 Å². The van der Waals surface area contributed by atoms with Crippen LogP contribution in [0.5, 0.6) is 5.75 Å². The van der Waals surface area contributed by atoms with Crippen LogP contribution in [0.1, 0.15) is 29.8 Å². The second kappa shape index (κ2) is 10.4. The van der Waals surface area contributed by atoms with Gasteiger partial charge in [0.25, 0.3) is 5.91 Å². The fourth-order valence-electron chi connectivity index (χ4n) is 4.21. The molecule has 33 heavy (non-hydrogen) atoms. The topological polar surface area (TPSA) is 77.0 Å². The minimum Gasteiger partial charge on any atom is -0.462 e. The molecule has 2 aromatic rings. The van der Waals surface area contributed by atoms with Crippen LogP contribution in [0.2, 0.25) is 19.6 Å². The number of carbonyl (C=O) groups excluding carboxylic acids is 1. The lowest BCUT2D eigenvalue weighted by Crippen LogP contribution is -2.56. The van der Waals surface area contributed by atoms with Gasteiger partial charge in [-0.2, -0.15) is 0 Å². The first-order chi connectivity index (χ1) is 15.5. The van der Waals surface area contributed by atoms with Crippen LogP contribution in [0.4, 0.5) is 0 Å². The Balaban J connectivity index is 1.86. The van der Waals surface area contributed by atoms with Crippen molar-refractivity contribution in [3.63, 3.8) is 0 Å². The summed E-state index contributed by atoms with van der Waals surface area (Å²) in [6.45, 7) is 12.7. The summed E-state index contributed by atoms with van der Waals surface area (Å²) in [5.74, 6) is 0.943. The highest BCUT2D eigenvalue weighted by Gasteiger charge is 2.45. The monoisotopic (exact) mass is 471 g/mol. The molecule has 180 valence electrons. The van der Waals surface area contributed by atoms with E-state index in [4.69, 9.17) is 13.9 Å². The molecule has 1 heterocycles. The van der Waals surface area contributed by atoms with Crippen LogP contribution in [0, 0.1) is 18.8 Å². The molecule has 0 bridgehead atoms. The van der Waals surface area contributed by atoms with Gasteiger partial charge in [0.05, 0.1) is 12.7 Å². The molecule has 0 aliphatic carbocycles. The SMILES string of the molecule is CNC(=O)c1cccc(-c2ccc(OC3OC(CO)C(C)C(C)C3O[Si](C)(C)C)c(C)c2)c1. The number of carbonyl (C=O) groups is 1. The number of hydrogen-bond donors (Lipinski definition) is 2. The predicted molar refractivity (Wildman–Crippen MR) is 133 cm³/mol. The summed E-state index contributed by atoms with van der Waals surface area (Å²) < 4.78 is 19.0. The van der Waals surface area contributed by atoms with Crippen molar-refractivity contribution in [2.24, 2.45) is 11.8 Å². The average molecular weight is 472 g/mol. The number of aryl methyl sites for hydroxylation is 1. The van der Waals surface area contributed by atoms with Crippen LogP contribution >= 0.6 is 0 Å². The zero-order valence-corrected chi connectivity index (χ0v) is 21.7. The van der Waals surface area contributed by atoms with Crippen molar-refractivity contribution in [2.45, 2.75) is 58.9 Å². The molecule has 3 rings (SSSR count). The molecule has 0 radical (unpaired) electrons. The predicted octanol–water partition coefficient (Wildman–Crippen LogP) is 4.61. The molecule has 1 aliphatic heterocycles. The molecule has 0 aromatic heterocycles. The molecule has 5 unspecified atom stereocenters. The maximum absolute atomic E-state index is 12.0. The lowest BCUT2D eigenvalue weighted by molar-refractivity contribution is -0.239. The summed E-state index contributed by atoms with van der Waals surface area (Å²) >= 11 is 0. The number of ether oxygens (including phenoxy) is 2. The van der Waals surface area contributed by atoms with E-state index >= 15 is 0 Å². The van der Waals surface area contributed by atoms with E-state index in [0.717, 1.165) is 16.7 Å². The van der Waals surface area contributed by atoms with E-state index in [1.165, 1.54) is 0 Å². The Bertz CT molecular complexity index is 973. The molecule has 0 saturated carbocycles. The first-order valence-electron chi connectivity index (χ1n) is 11.6. The Morgan fingerprint density at radius 1 is 1.09 bits per heavy atom. The number of amides is 1. The lowest BCUT2D eigenvalue weighted by atomic mass is 9.84. The van der Waals surface area contributed by atoms with Crippen molar-refractivity contribution in [1.82, 2.24) is 5.32 Å². The van der Waals surface area contributed by atoms with Gasteiger partial charge in [-0.15, -0.1) is 0 Å². The Morgan fingerprint density at radius 2 is 1.79 bits per heavy atom. The van der Waals surface area contributed by atoms with E-state index in [1.807, 2.05) is 43.3 Å². The molecular formula is C26H37NO5Si. The fraction of sp³-hybridized carbons (Fsp3) is 0.500. The number of benzene rings is 2. The fourth-order valence-corrected chi connectivity index (χ4v) is 5.35. The average Bonchev–Trinajstić information content (AvgIpc) is 2.78. The van der Waals surface area contributed by atoms with Crippen molar-refractivity contribution in [3.8, 4) is 16.9 Å². The largest absolute Gasteiger partial charge is 0.462 e. The standard InChI is InChI=1S/C26H37NO5Si/c1-16-13-20(19-9-8-10-21(14-19)25(29)27-4)11-12-22(16)30-26-24(32-33(5,6)7)18(3)17(2)23(15-28)31-26/h8-14,17-18,23-24,26,28H,15H2,1-7H3,(H,27,29). The molecule has 7 heteroatoms. The van der Waals surface area contributed by atoms with Gasteiger partial charge in [0, 0.05) is 12.6 Å². The molecule has 6 nitrogen and oxygen atoms in total.